The van der Waals surface area contributed by atoms with Crippen molar-refractivity contribution in [2.45, 2.75) is 44.0 Å². The minimum atomic E-state index is -3.76. The van der Waals surface area contributed by atoms with Crippen molar-refractivity contribution in [2.75, 3.05) is 5.73 Å². The summed E-state index contributed by atoms with van der Waals surface area (Å²) in [6.07, 6.45) is 1.54. The van der Waals surface area contributed by atoms with Gasteiger partial charge in [0.05, 0.1) is 4.90 Å². The number of sulfonamides is 1. The Hall–Kier alpha value is -1.14. The van der Waals surface area contributed by atoms with Gasteiger partial charge in [0.15, 0.2) is 0 Å². The molecule has 0 aliphatic carbocycles. The van der Waals surface area contributed by atoms with Crippen molar-refractivity contribution in [1.29, 1.82) is 0 Å². The van der Waals surface area contributed by atoms with Gasteiger partial charge in [-0.25, -0.2) is 17.5 Å². The second-order valence-electron chi connectivity index (χ2n) is 4.96. The minimum absolute atomic E-state index is 0.0867. The summed E-state index contributed by atoms with van der Waals surface area (Å²) >= 11 is 0. The fourth-order valence-corrected chi connectivity index (χ4v) is 3.34. The minimum Gasteiger partial charge on any atom is -0.399 e. The van der Waals surface area contributed by atoms with Crippen LogP contribution in [0.4, 0.5) is 10.1 Å². The largest absolute Gasteiger partial charge is 0.399 e. The van der Waals surface area contributed by atoms with E-state index in [1.807, 2.05) is 6.92 Å². The number of nitrogens with two attached hydrogens (primary N) is 1. The molecule has 0 saturated carbocycles. The predicted octanol–water partition coefficient (Wildman–Crippen LogP) is 2.26. The van der Waals surface area contributed by atoms with E-state index in [0.29, 0.717) is 6.42 Å². The van der Waals surface area contributed by atoms with Crippen LogP contribution in [-0.4, -0.2) is 14.0 Å². The van der Waals surface area contributed by atoms with Gasteiger partial charge in [0.2, 0.25) is 10.0 Å². The third-order valence-electron chi connectivity index (χ3n) is 2.49. The molecular weight excluding hydrogens is 255 g/mol. The van der Waals surface area contributed by atoms with Crippen LogP contribution in [0.25, 0.3) is 0 Å². The normalized spacial score (nSPS) is 12.7. The molecule has 0 saturated heterocycles. The van der Waals surface area contributed by atoms with Gasteiger partial charge in [-0.2, -0.15) is 0 Å². The van der Waals surface area contributed by atoms with E-state index in [2.05, 4.69) is 4.72 Å². The third-order valence-corrected chi connectivity index (χ3v) is 4.17. The summed E-state index contributed by atoms with van der Waals surface area (Å²) in [5.74, 6) is -0.663. The molecule has 0 heterocycles. The lowest BCUT2D eigenvalue weighted by molar-refractivity contribution is 0.417. The predicted molar refractivity (Wildman–Crippen MR) is 70.1 cm³/mol. The summed E-state index contributed by atoms with van der Waals surface area (Å²) < 4.78 is 39.9. The van der Waals surface area contributed by atoms with Crippen molar-refractivity contribution in [3.8, 4) is 0 Å². The Labute approximate surface area is 107 Å². The molecule has 6 heteroatoms. The Morgan fingerprint density at radius 1 is 1.33 bits per heavy atom. The molecule has 0 radical (unpaired) electrons. The third kappa shape index (κ3) is 3.96. The molecule has 18 heavy (non-hydrogen) atoms. The number of benzene rings is 1. The second-order valence-corrected chi connectivity index (χ2v) is 6.64. The first kappa shape index (κ1) is 14.9. The first-order valence-electron chi connectivity index (χ1n) is 5.76. The maximum absolute atomic E-state index is 13.2. The molecule has 0 amide bonds. The summed E-state index contributed by atoms with van der Waals surface area (Å²) in [5.41, 5.74) is 4.96. The molecule has 1 aromatic carbocycles. The first-order chi connectivity index (χ1) is 8.16. The summed E-state index contributed by atoms with van der Waals surface area (Å²) in [4.78, 5) is -0.149. The van der Waals surface area contributed by atoms with Crippen molar-refractivity contribution in [3.63, 3.8) is 0 Å². The Bertz CT molecular complexity index is 507. The van der Waals surface area contributed by atoms with Crippen LogP contribution in [-0.2, 0) is 10.0 Å². The zero-order valence-electron chi connectivity index (χ0n) is 10.8. The molecule has 0 aliphatic rings. The molecule has 0 aromatic heterocycles. The van der Waals surface area contributed by atoms with Gasteiger partial charge in [0.25, 0.3) is 0 Å². The van der Waals surface area contributed by atoms with Crippen LogP contribution in [0.1, 0.15) is 33.6 Å². The van der Waals surface area contributed by atoms with Gasteiger partial charge in [-0.05, 0) is 38.5 Å². The van der Waals surface area contributed by atoms with Gasteiger partial charge >= 0.3 is 0 Å². The Balaban J connectivity index is 3.07. The SMILES string of the molecule is CCCC(C)(C)NS(=O)(=O)c1cc(N)cc(F)c1. The zero-order chi connectivity index (χ0) is 14.0. The molecular formula is C12H19FN2O2S. The van der Waals surface area contributed by atoms with Gasteiger partial charge < -0.3 is 5.73 Å². The van der Waals surface area contributed by atoms with E-state index in [4.69, 9.17) is 5.73 Å². The van der Waals surface area contributed by atoms with E-state index in [9.17, 15) is 12.8 Å². The van der Waals surface area contributed by atoms with Crippen LogP contribution >= 0.6 is 0 Å². The number of anilines is 1. The summed E-state index contributed by atoms with van der Waals surface area (Å²) in [7, 11) is -3.76. The van der Waals surface area contributed by atoms with Crippen molar-refractivity contribution in [3.05, 3.63) is 24.0 Å². The lowest BCUT2D eigenvalue weighted by Gasteiger charge is -2.25. The molecule has 0 bridgehead atoms. The van der Waals surface area contributed by atoms with E-state index >= 15 is 0 Å². The standard InChI is InChI=1S/C12H19FN2O2S/c1-4-5-12(2,3)15-18(16,17)11-7-9(13)6-10(14)8-11/h6-8,15H,4-5,14H2,1-3H3. The highest BCUT2D eigenvalue weighted by atomic mass is 32.2. The highest BCUT2D eigenvalue weighted by Gasteiger charge is 2.25. The fourth-order valence-electron chi connectivity index (χ4n) is 1.84. The van der Waals surface area contributed by atoms with Gasteiger partial charge in [-0.3, -0.25) is 0 Å². The number of halogens is 1. The molecule has 1 aromatic rings. The van der Waals surface area contributed by atoms with Crippen LogP contribution in [0.2, 0.25) is 0 Å². The topological polar surface area (TPSA) is 72.2 Å². The molecule has 1 rings (SSSR count). The molecule has 0 spiro atoms. The van der Waals surface area contributed by atoms with Crippen LogP contribution < -0.4 is 10.5 Å². The highest BCUT2D eigenvalue weighted by molar-refractivity contribution is 7.89. The van der Waals surface area contributed by atoms with Crippen LogP contribution in [0.15, 0.2) is 23.1 Å². The number of nitrogens with one attached hydrogen (secondary N) is 1. The highest BCUT2D eigenvalue weighted by Crippen LogP contribution is 2.19. The quantitative estimate of drug-likeness (QED) is 0.809. The Morgan fingerprint density at radius 2 is 1.94 bits per heavy atom. The molecule has 0 unspecified atom stereocenters. The van der Waals surface area contributed by atoms with Crippen LogP contribution in [0.3, 0.4) is 0 Å². The van der Waals surface area contributed by atoms with E-state index in [0.717, 1.165) is 18.6 Å². The van der Waals surface area contributed by atoms with E-state index in [-0.39, 0.29) is 10.6 Å². The Morgan fingerprint density at radius 3 is 2.44 bits per heavy atom. The molecule has 102 valence electrons. The second kappa shape index (κ2) is 5.24. The van der Waals surface area contributed by atoms with Gasteiger partial charge in [0.1, 0.15) is 5.82 Å². The first-order valence-corrected chi connectivity index (χ1v) is 7.25. The van der Waals surface area contributed by atoms with E-state index in [1.54, 1.807) is 13.8 Å². The smallest absolute Gasteiger partial charge is 0.241 e. The van der Waals surface area contributed by atoms with E-state index in [1.165, 1.54) is 6.07 Å². The van der Waals surface area contributed by atoms with E-state index < -0.39 is 21.4 Å². The number of hydrogen-bond acceptors (Lipinski definition) is 3. The van der Waals surface area contributed by atoms with Crippen LogP contribution in [0, 0.1) is 5.82 Å². The van der Waals surface area contributed by atoms with Gasteiger partial charge in [-0.15, -0.1) is 0 Å². The maximum Gasteiger partial charge on any atom is 0.241 e. The molecule has 0 atom stereocenters. The van der Waals surface area contributed by atoms with Crippen molar-refractivity contribution in [1.82, 2.24) is 4.72 Å². The molecule has 0 fully saturated rings. The number of hydrogen-bond donors (Lipinski definition) is 2. The lowest BCUT2D eigenvalue weighted by atomic mass is 10.0. The lowest BCUT2D eigenvalue weighted by Crippen LogP contribution is -2.43. The van der Waals surface area contributed by atoms with Gasteiger partial charge in [-0.1, -0.05) is 13.3 Å². The maximum atomic E-state index is 13.2. The molecule has 3 N–H and O–H groups in total. The van der Waals surface area contributed by atoms with Crippen molar-refractivity contribution in [2.24, 2.45) is 0 Å². The fraction of sp³-hybridized carbons (Fsp3) is 0.500. The average molecular weight is 274 g/mol. The summed E-state index contributed by atoms with van der Waals surface area (Å²) in [5, 5.41) is 0. The van der Waals surface area contributed by atoms with Gasteiger partial charge in [0, 0.05) is 11.2 Å². The summed E-state index contributed by atoms with van der Waals surface area (Å²) in [6, 6.07) is 3.28. The zero-order valence-corrected chi connectivity index (χ0v) is 11.6. The monoisotopic (exact) mass is 274 g/mol. The summed E-state index contributed by atoms with van der Waals surface area (Å²) in [6.45, 7) is 5.55. The van der Waals surface area contributed by atoms with Crippen LogP contribution in [0.5, 0.6) is 0 Å². The molecule has 0 aliphatic heterocycles. The average Bonchev–Trinajstić information content (AvgIpc) is 2.13. The number of rotatable bonds is 5. The Kier molecular flexibility index (Phi) is 4.34. The molecule has 4 nitrogen and oxygen atoms in total. The number of nitrogen functional groups attached to an aromatic ring is 1. The van der Waals surface area contributed by atoms with Crippen molar-refractivity contribution >= 4 is 15.7 Å². The van der Waals surface area contributed by atoms with Crippen molar-refractivity contribution < 1.29 is 12.8 Å².